The number of rotatable bonds is 6. The molecule has 1 amide bonds. The first kappa shape index (κ1) is 15.9. The summed E-state index contributed by atoms with van der Waals surface area (Å²) < 4.78 is 41.9. The quantitative estimate of drug-likeness (QED) is 0.888. The Bertz CT molecular complexity index is 647. The third-order valence-electron chi connectivity index (χ3n) is 2.94. The number of alkyl halides is 2. The lowest BCUT2D eigenvalue weighted by atomic mass is 10.1. The monoisotopic (exact) mass is 309 g/mol. The molecule has 1 N–H and O–H groups in total. The fourth-order valence-corrected chi connectivity index (χ4v) is 1.96. The molecule has 0 bridgehead atoms. The Morgan fingerprint density at radius 2 is 1.91 bits per heavy atom. The predicted octanol–water partition coefficient (Wildman–Crippen LogP) is 3.40. The highest BCUT2D eigenvalue weighted by Gasteiger charge is 2.14. The lowest BCUT2D eigenvalue weighted by Gasteiger charge is -2.10. The zero-order valence-corrected chi connectivity index (χ0v) is 11.6. The number of benzene rings is 2. The van der Waals surface area contributed by atoms with Gasteiger partial charge in [0.15, 0.2) is 0 Å². The molecular formula is C16H14F3NO2. The number of para-hydroxylation sites is 1. The van der Waals surface area contributed by atoms with Crippen LogP contribution in [-0.4, -0.2) is 19.1 Å². The minimum Gasteiger partial charge on any atom is -0.434 e. The van der Waals surface area contributed by atoms with Gasteiger partial charge in [-0.2, -0.15) is 8.78 Å². The SMILES string of the molecule is O=C(NCCc1cccc(F)c1)c1ccccc1OC(F)F. The van der Waals surface area contributed by atoms with Crippen LogP contribution in [0, 0.1) is 5.82 Å². The molecule has 0 aromatic heterocycles. The van der Waals surface area contributed by atoms with Crippen molar-refractivity contribution in [2.24, 2.45) is 0 Å². The lowest BCUT2D eigenvalue weighted by molar-refractivity contribution is -0.0501. The molecule has 0 saturated heterocycles. The van der Waals surface area contributed by atoms with E-state index in [4.69, 9.17) is 0 Å². The van der Waals surface area contributed by atoms with Crippen LogP contribution in [0.5, 0.6) is 5.75 Å². The topological polar surface area (TPSA) is 38.3 Å². The van der Waals surface area contributed by atoms with Crippen LogP contribution in [0.25, 0.3) is 0 Å². The van der Waals surface area contributed by atoms with Crippen LogP contribution in [0.4, 0.5) is 13.2 Å². The summed E-state index contributed by atoms with van der Waals surface area (Å²) in [5.74, 6) is -1.05. The van der Waals surface area contributed by atoms with Crippen LogP contribution in [0.3, 0.4) is 0 Å². The van der Waals surface area contributed by atoms with Crippen molar-refractivity contribution in [3.8, 4) is 5.75 Å². The molecule has 0 aliphatic carbocycles. The second-order valence-corrected chi connectivity index (χ2v) is 4.51. The summed E-state index contributed by atoms with van der Waals surface area (Å²) in [6.45, 7) is -2.74. The molecule has 0 atom stereocenters. The zero-order chi connectivity index (χ0) is 15.9. The number of carbonyl (C=O) groups is 1. The fourth-order valence-electron chi connectivity index (χ4n) is 1.96. The summed E-state index contributed by atoms with van der Waals surface area (Å²) in [6, 6.07) is 11.8. The average Bonchev–Trinajstić information content (AvgIpc) is 2.47. The van der Waals surface area contributed by atoms with Gasteiger partial charge in [-0.15, -0.1) is 0 Å². The molecule has 0 aliphatic heterocycles. The van der Waals surface area contributed by atoms with Gasteiger partial charge in [-0.3, -0.25) is 4.79 Å². The van der Waals surface area contributed by atoms with Gasteiger partial charge >= 0.3 is 6.61 Å². The van der Waals surface area contributed by atoms with Gasteiger partial charge < -0.3 is 10.1 Å². The first-order chi connectivity index (χ1) is 10.6. The highest BCUT2D eigenvalue weighted by Crippen LogP contribution is 2.20. The summed E-state index contributed by atoms with van der Waals surface area (Å²) in [6.07, 6.45) is 0.432. The Morgan fingerprint density at radius 3 is 2.64 bits per heavy atom. The van der Waals surface area contributed by atoms with Crippen molar-refractivity contribution in [2.75, 3.05) is 6.54 Å². The summed E-state index contributed by atoms with van der Waals surface area (Å²) in [7, 11) is 0. The zero-order valence-electron chi connectivity index (χ0n) is 11.6. The Hall–Kier alpha value is -2.50. The molecule has 0 radical (unpaired) electrons. The third-order valence-corrected chi connectivity index (χ3v) is 2.94. The van der Waals surface area contributed by atoms with Gasteiger partial charge in [-0.1, -0.05) is 24.3 Å². The number of amides is 1. The van der Waals surface area contributed by atoms with Crippen molar-refractivity contribution in [1.29, 1.82) is 0 Å². The Morgan fingerprint density at radius 1 is 1.14 bits per heavy atom. The second kappa shape index (κ2) is 7.49. The van der Waals surface area contributed by atoms with Crippen LogP contribution >= 0.6 is 0 Å². The number of nitrogens with one attached hydrogen (secondary N) is 1. The first-order valence-corrected chi connectivity index (χ1v) is 6.63. The molecule has 0 unspecified atom stereocenters. The van der Waals surface area contributed by atoms with Gasteiger partial charge in [0.1, 0.15) is 11.6 Å². The predicted molar refractivity (Wildman–Crippen MR) is 75.5 cm³/mol. The second-order valence-electron chi connectivity index (χ2n) is 4.51. The van der Waals surface area contributed by atoms with E-state index in [0.717, 1.165) is 5.56 Å². The molecule has 6 heteroatoms. The van der Waals surface area contributed by atoms with Gasteiger partial charge in [-0.05, 0) is 36.2 Å². The van der Waals surface area contributed by atoms with Gasteiger partial charge in [0.05, 0.1) is 5.56 Å². The van der Waals surface area contributed by atoms with E-state index in [1.165, 1.54) is 30.3 Å². The van der Waals surface area contributed by atoms with Gasteiger partial charge in [0.2, 0.25) is 0 Å². The van der Waals surface area contributed by atoms with Crippen molar-refractivity contribution >= 4 is 5.91 Å². The Balaban J connectivity index is 1.95. The van der Waals surface area contributed by atoms with E-state index in [0.29, 0.717) is 6.42 Å². The molecule has 22 heavy (non-hydrogen) atoms. The van der Waals surface area contributed by atoms with E-state index < -0.39 is 12.5 Å². The molecule has 0 saturated carbocycles. The Labute approximate surface area is 125 Å². The fraction of sp³-hybridized carbons (Fsp3) is 0.188. The number of halogens is 3. The number of carbonyl (C=O) groups excluding carboxylic acids is 1. The number of ether oxygens (including phenoxy) is 1. The van der Waals surface area contributed by atoms with E-state index in [-0.39, 0.29) is 23.7 Å². The highest BCUT2D eigenvalue weighted by molar-refractivity contribution is 5.96. The van der Waals surface area contributed by atoms with E-state index >= 15 is 0 Å². The van der Waals surface area contributed by atoms with Crippen molar-refractivity contribution < 1.29 is 22.7 Å². The summed E-state index contributed by atoms with van der Waals surface area (Å²) in [5, 5.41) is 2.59. The number of hydrogen-bond donors (Lipinski definition) is 1. The minimum absolute atomic E-state index is 0.0297. The van der Waals surface area contributed by atoms with Crippen LogP contribution in [0.15, 0.2) is 48.5 Å². The maximum absolute atomic E-state index is 13.0. The largest absolute Gasteiger partial charge is 0.434 e. The van der Waals surface area contributed by atoms with Crippen molar-refractivity contribution in [3.05, 3.63) is 65.5 Å². The van der Waals surface area contributed by atoms with Crippen LogP contribution in [-0.2, 0) is 6.42 Å². The number of hydrogen-bond acceptors (Lipinski definition) is 2. The average molecular weight is 309 g/mol. The molecule has 3 nitrogen and oxygen atoms in total. The van der Waals surface area contributed by atoms with Crippen molar-refractivity contribution in [2.45, 2.75) is 13.0 Å². The van der Waals surface area contributed by atoms with E-state index in [1.54, 1.807) is 18.2 Å². The molecule has 116 valence electrons. The van der Waals surface area contributed by atoms with Crippen LogP contribution in [0.2, 0.25) is 0 Å². The van der Waals surface area contributed by atoms with Crippen LogP contribution < -0.4 is 10.1 Å². The summed E-state index contributed by atoms with van der Waals surface area (Å²) >= 11 is 0. The molecular weight excluding hydrogens is 295 g/mol. The Kier molecular flexibility index (Phi) is 5.41. The normalized spacial score (nSPS) is 10.5. The lowest BCUT2D eigenvalue weighted by Crippen LogP contribution is -2.26. The standard InChI is InChI=1S/C16H14F3NO2/c17-12-5-3-4-11(10-12)8-9-20-15(21)13-6-1-2-7-14(13)22-16(18)19/h1-7,10,16H,8-9H2,(H,20,21). The molecule has 0 spiro atoms. The smallest absolute Gasteiger partial charge is 0.387 e. The highest BCUT2D eigenvalue weighted by atomic mass is 19.3. The van der Waals surface area contributed by atoms with Gasteiger partial charge in [-0.25, -0.2) is 4.39 Å². The van der Waals surface area contributed by atoms with E-state index in [1.807, 2.05) is 0 Å². The third kappa shape index (κ3) is 4.51. The molecule has 2 aromatic carbocycles. The molecule has 2 aromatic rings. The minimum atomic E-state index is -3.00. The summed E-state index contributed by atoms with van der Waals surface area (Å²) in [5.41, 5.74) is 0.763. The van der Waals surface area contributed by atoms with Gasteiger partial charge in [0.25, 0.3) is 5.91 Å². The molecule has 0 aliphatic rings. The van der Waals surface area contributed by atoms with Crippen molar-refractivity contribution in [1.82, 2.24) is 5.32 Å². The maximum Gasteiger partial charge on any atom is 0.387 e. The van der Waals surface area contributed by atoms with Crippen LogP contribution in [0.1, 0.15) is 15.9 Å². The van der Waals surface area contributed by atoms with E-state index in [2.05, 4.69) is 10.1 Å². The van der Waals surface area contributed by atoms with E-state index in [9.17, 15) is 18.0 Å². The maximum atomic E-state index is 13.0. The first-order valence-electron chi connectivity index (χ1n) is 6.63. The van der Waals surface area contributed by atoms with Crippen molar-refractivity contribution in [3.63, 3.8) is 0 Å². The molecule has 2 rings (SSSR count). The molecule has 0 heterocycles. The summed E-state index contributed by atoms with van der Waals surface area (Å²) in [4.78, 5) is 12.0. The van der Waals surface area contributed by atoms with Gasteiger partial charge in [0, 0.05) is 6.54 Å². The molecule has 0 fully saturated rings.